The van der Waals surface area contributed by atoms with Crippen LogP contribution in [0.4, 0.5) is 17.6 Å². The van der Waals surface area contributed by atoms with Gasteiger partial charge in [-0.05, 0) is 25.5 Å². The van der Waals surface area contributed by atoms with Gasteiger partial charge < -0.3 is 15.8 Å². The number of hydrogen-bond donors (Lipinski definition) is 2. The number of nitrogens with one attached hydrogen (secondary N) is 1. The fourth-order valence-corrected chi connectivity index (χ4v) is 1.72. The third kappa shape index (κ3) is 5.39. The molecule has 0 amide bonds. The van der Waals surface area contributed by atoms with E-state index in [1.807, 2.05) is 38.1 Å². The third-order valence-electron chi connectivity index (χ3n) is 2.84. The number of anilines is 3. The van der Waals surface area contributed by atoms with Crippen LogP contribution >= 0.6 is 0 Å². The van der Waals surface area contributed by atoms with Gasteiger partial charge in [-0.25, -0.2) is 4.79 Å². The van der Waals surface area contributed by atoms with E-state index in [4.69, 9.17) is 10.5 Å². The third-order valence-corrected chi connectivity index (χ3v) is 2.84. The van der Waals surface area contributed by atoms with Gasteiger partial charge >= 0.3 is 5.97 Å². The molecule has 0 saturated carbocycles. The van der Waals surface area contributed by atoms with Crippen molar-refractivity contribution in [1.82, 2.24) is 15.0 Å². The molecule has 0 aliphatic carbocycles. The second-order valence-corrected chi connectivity index (χ2v) is 4.84. The fourth-order valence-electron chi connectivity index (χ4n) is 1.72. The van der Waals surface area contributed by atoms with Gasteiger partial charge in [0.25, 0.3) is 0 Å². The average molecular weight is 313 g/mol. The number of aryl methyl sites for hydroxylation is 1. The first-order chi connectivity index (χ1) is 11.1. The highest BCUT2D eigenvalue weighted by Gasteiger charge is 2.07. The zero-order valence-corrected chi connectivity index (χ0v) is 13.1. The van der Waals surface area contributed by atoms with Crippen molar-refractivity contribution in [3.05, 3.63) is 47.8 Å². The fraction of sp³-hybridized carbons (Fsp3) is 0.250. The summed E-state index contributed by atoms with van der Waals surface area (Å²) in [6.07, 6.45) is 3.85. The predicted molar refractivity (Wildman–Crippen MR) is 87.9 cm³/mol. The molecule has 2 aromatic rings. The van der Waals surface area contributed by atoms with Gasteiger partial charge in [-0.3, -0.25) is 0 Å². The number of carbonyl (C=O) groups is 1. The Kier molecular flexibility index (Phi) is 5.62. The molecule has 3 N–H and O–H groups in total. The Morgan fingerprint density at radius 1 is 1.26 bits per heavy atom. The molecule has 0 radical (unpaired) electrons. The van der Waals surface area contributed by atoms with E-state index in [1.54, 1.807) is 6.08 Å². The number of carbonyl (C=O) groups excluding carboxylic acids is 1. The highest BCUT2D eigenvalue weighted by Crippen LogP contribution is 2.14. The Labute approximate surface area is 134 Å². The lowest BCUT2D eigenvalue weighted by molar-refractivity contribution is -0.139. The van der Waals surface area contributed by atoms with Crippen molar-refractivity contribution in [3.8, 4) is 0 Å². The van der Waals surface area contributed by atoms with Crippen molar-refractivity contribution in [3.63, 3.8) is 0 Å². The van der Waals surface area contributed by atoms with Gasteiger partial charge in [-0.2, -0.15) is 15.0 Å². The molecule has 0 unspecified atom stereocenters. The first-order valence-corrected chi connectivity index (χ1v) is 7.24. The number of nitrogens with zero attached hydrogens (tertiary/aromatic N) is 3. The lowest BCUT2D eigenvalue weighted by Crippen LogP contribution is -2.10. The summed E-state index contributed by atoms with van der Waals surface area (Å²) in [5.41, 5.74) is 7.65. The molecule has 2 rings (SSSR count). The van der Waals surface area contributed by atoms with Crippen LogP contribution in [0.2, 0.25) is 0 Å². The van der Waals surface area contributed by atoms with Crippen LogP contribution in [0, 0.1) is 6.92 Å². The number of nitrogens with two attached hydrogens (primary N) is 1. The zero-order valence-electron chi connectivity index (χ0n) is 13.1. The smallest absolute Gasteiger partial charge is 0.330 e. The van der Waals surface area contributed by atoms with E-state index in [-0.39, 0.29) is 18.4 Å². The average Bonchev–Trinajstić information content (AvgIpc) is 2.52. The second-order valence-electron chi connectivity index (χ2n) is 4.84. The molecule has 0 aliphatic rings. The van der Waals surface area contributed by atoms with E-state index in [0.717, 1.165) is 17.7 Å². The van der Waals surface area contributed by atoms with Crippen LogP contribution < -0.4 is 11.1 Å². The van der Waals surface area contributed by atoms with Crippen LogP contribution in [0.25, 0.3) is 0 Å². The van der Waals surface area contributed by atoms with Crippen LogP contribution in [0.15, 0.2) is 36.4 Å². The molecule has 7 heteroatoms. The molecular weight excluding hydrogens is 294 g/mol. The van der Waals surface area contributed by atoms with Gasteiger partial charge in [0.05, 0.1) is 0 Å². The number of nitrogen functional groups attached to an aromatic ring is 1. The molecule has 120 valence electrons. The standard InChI is InChI=1S/C16H19N5O2/c1-3-4-5-14(22)23-10-13-19-15(17)21-16(20-13)18-12-8-6-11(2)7-9-12/h4-9H,3,10H2,1-2H3,(H3,17,18,19,20,21)/b5-4+. The van der Waals surface area contributed by atoms with Crippen molar-refractivity contribution >= 4 is 23.6 Å². The van der Waals surface area contributed by atoms with Gasteiger partial charge in [-0.1, -0.05) is 30.7 Å². The Hall–Kier alpha value is -2.96. The monoisotopic (exact) mass is 313 g/mol. The Bertz CT molecular complexity index is 698. The molecule has 7 nitrogen and oxygen atoms in total. The lowest BCUT2D eigenvalue weighted by atomic mass is 10.2. The Balaban J connectivity index is 2.05. The zero-order chi connectivity index (χ0) is 16.7. The summed E-state index contributed by atoms with van der Waals surface area (Å²) in [6, 6.07) is 7.75. The molecule has 1 heterocycles. The van der Waals surface area contributed by atoms with Crippen molar-refractivity contribution in [2.75, 3.05) is 11.1 Å². The highest BCUT2D eigenvalue weighted by molar-refractivity contribution is 5.81. The molecule has 1 aromatic heterocycles. The van der Waals surface area contributed by atoms with Gasteiger partial charge in [-0.15, -0.1) is 0 Å². The summed E-state index contributed by atoms with van der Waals surface area (Å²) in [7, 11) is 0. The van der Waals surface area contributed by atoms with Gasteiger partial charge in [0, 0.05) is 11.8 Å². The summed E-state index contributed by atoms with van der Waals surface area (Å²) < 4.78 is 5.04. The molecule has 1 aromatic carbocycles. The summed E-state index contributed by atoms with van der Waals surface area (Å²) in [5, 5.41) is 3.04. The quantitative estimate of drug-likeness (QED) is 0.624. The normalized spacial score (nSPS) is 10.7. The van der Waals surface area contributed by atoms with Gasteiger partial charge in [0.15, 0.2) is 12.4 Å². The minimum Gasteiger partial charge on any atom is -0.454 e. The summed E-state index contributed by atoms with van der Waals surface area (Å²) >= 11 is 0. The molecular formula is C16H19N5O2. The molecule has 23 heavy (non-hydrogen) atoms. The molecule has 0 spiro atoms. The Morgan fingerprint density at radius 3 is 2.70 bits per heavy atom. The number of esters is 1. The van der Waals surface area contributed by atoms with Gasteiger partial charge in [0.2, 0.25) is 11.9 Å². The lowest BCUT2D eigenvalue weighted by Gasteiger charge is -2.07. The van der Waals surface area contributed by atoms with E-state index in [9.17, 15) is 4.79 Å². The largest absolute Gasteiger partial charge is 0.454 e. The number of aromatic nitrogens is 3. The highest BCUT2D eigenvalue weighted by atomic mass is 16.5. The van der Waals surface area contributed by atoms with E-state index >= 15 is 0 Å². The minimum absolute atomic E-state index is 0.0600. The van der Waals surface area contributed by atoms with E-state index in [1.165, 1.54) is 6.08 Å². The van der Waals surface area contributed by atoms with E-state index in [0.29, 0.717) is 5.95 Å². The first kappa shape index (κ1) is 16.4. The van der Waals surface area contributed by atoms with Crippen molar-refractivity contribution in [2.24, 2.45) is 0 Å². The topological polar surface area (TPSA) is 103 Å². The number of ether oxygens (including phenoxy) is 1. The van der Waals surface area contributed by atoms with Crippen molar-refractivity contribution in [2.45, 2.75) is 26.9 Å². The van der Waals surface area contributed by atoms with Crippen molar-refractivity contribution < 1.29 is 9.53 Å². The molecule has 0 fully saturated rings. The number of hydrogen-bond acceptors (Lipinski definition) is 7. The van der Waals surface area contributed by atoms with Crippen LogP contribution in [0.3, 0.4) is 0 Å². The maximum absolute atomic E-state index is 11.4. The summed E-state index contributed by atoms with van der Waals surface area (Å²) in [5.74, 6) is 0.200. The molecule has 0 aliphatic heterocycles. The summed E-state index contributed by atoms with van der Waals surface area (Å²) in [6.45, 7) is 3.87. The SMILES string of the molecule is CC/C=C/C(=O)OCc1nc(N)nc(Nc2ccc(C)cc2)n1. The second kappa shape index (κ2) is 7.88. The van der Waals surface area contributed by atoms with Crippen LogP contribution in [0.1, 0.15) is 24.7 Å². The maximum Gasteiger partial charge on any atom is 0.330 e. The number of allylic oxidation sites excluding steroid dienone is 1. The van der Waals surface area contributed by atoms with E-state index < -0.39 is 5.97 Å². The van der Waals surface area contributed by atoms with Crippen LogP contribution in [0.5, 0.6) is 0 Å². The number of rotatable bonds is 6. The summed E-state index contributed by atoms with van der Waals surface area (Å²) in [4.78, 5) is 23.6. The van der Waals surface area contributed by atoms with Gasteiger partial charge in [0.1, 0.15) is 0 Å². The van der Waals surface area contributed by atoms with Crippen molar-refractivity contribution in [1.29, 1.82) is 0 Å². The molecule has 0 saturated heterocycles. The first-order valence-electron chi connectivity index (χ1n) is 7.24. The van der Waals surface area contributed by atoms with Crippen LogP contribution in [-0.2, 0) is 16.1 Å². The molecule has 0 bridgehead atoms. The minimum atomic E-state index is -0.445. The van der Waals surface area contributed by atoms with Crippen LogP contribution in [-0.4, -0.2) is 20.9 Å². The number of benzene rings is 1. The van der Waals surface area contributed by atoms with E-state index in [2.05, 4.69) is 20.3 Å². The molecule has 0 atom stereocenters. The Morgan fingerprint density at radius 2 is 2.00 bits per heavy atom. The predicted octanol–water partition coefficient (Wildman–Crippen LogP) is 2.52. The maximum atomic E-state index is 11.4.